The molecule has 5 heteroatoms. The predicted octanol–water partition coefficient (Wildman–Crippen LogP) is 3.61. The normalized spacial score (nSPS) is 35.8. The molecule has 5 nitrogen and oxygen atoms in total. The summed E-state index contributed by atoms with van der Waals surface area (Å²) < 4.78 is 5.40. The first-order chi connectivity index (χ1) is 14.0. The zero-order valence-electron chi connectivity index (χ0n) is 17.2. The second-order valence-corrected chi connectivity index (χ2v) is 9.92. The van der Waals surface area contributed by atoms with Gasteiger partial charge in [0.05, 0.1) is 18.4 Å². The van der Waals surface area contributed by atoms with Gasteiger partial charge in [0.1, 0.15) is 5.75 Å². The van der Waals surface area contributed by atoms with E-state index in [9.17, 15) is 14.7 Å². The van der Waals surface area contributed by atoms with Crippen molar-refractivity contribution in [2.75, 3.05) is 20.2 Å². The molecule has 5 rings (SSSR count). The summed E-state index contributed by atoms with van der Waals surface area (Å²) in [5.74, 6) is 1.65. The fraction of sp³-hybridized carbons (Fsp3) is 0.667. The molecule has 4 fully saturated rings. The van der Waals surface area contributed by atoms with Crippen LogP contribution in [0.15, 0.2) is 24.3 Å². The molecule has 3 saturated carbocycles. The lowest BCUT2D eigenvalue weighted by molar-refractivity contribution is -0.145. The summed E-state index contributed by atoms with van der Waals surface area (Å²) in [7, 11) is 1.67. The second kappa shape index (κ2) is 7.03. The number of carbonyl (C=O) groups excluding carboxylic acids is 1. The van der Waals surface area contributed by atoms with Crippen molar-refractivity contribution < 1.29 is 19.4 Å². The fourth-order valence-electron chi connectivity index (χ4n) is 6.72. The number of carboxylic acids is 1. The summed E-state index contributed by atoms with van der Waals surface area (Å²) in [5.41, 5.74) is 0.787. The molecule has 2 bridgehead atoms. The highest BCUT2D eigenvalue weighted by molar-refractivity contribution is 5.85. The molecular formula is C24H31NO4. The van der Waals surface area contributed by atoms with Gasteiger partial charge in [-0.15, -0.1) is 0 Å². The largest absolute Gasteiger partial charge is 0.497 e. The summed E-state index contributed by atoms with van der Waals surface area (Å²) in [5, 5.41) is 9.74. The van der Waals surface area contributed by atoms with Gasteiger partial charge in [-0.25, -0.2) is 0 Å². The van der Waals surface area contributed by atoms with Gasteiger partial charge in [0.15, 0.2) is 0 Å². The first-order valence-electron chi connectivity index (χ1n) is 11.2. The SMILES string of the molecule is COc1cccc(CC2(C(=O)N3C[C@H](C(=O)O)[C@@H](C4CC4)C3)CC3CCC2C3)c1. The average Bonchev–Trinajstić information content (AvgIpc) is 3.15. The van der Waals surface area contributed by atoms with Crippen molar-refractivity contribution in [2.45, 2.75) is 44.9 Å². The Hall–Kier alpha value is -2.04. The molecule has 1 aliphatic heterocycles. The minimum absolute atomic E-state index is 0.143. The Bertz CT molecular complexity index is 819. The Kier molecular flexibility index (Phi) is 4.60. The number of carbonyl (C=O) groups is 2. The summed E-state index contributed by atoms with van der Waals surface area (Å²) in [6, 6.07) is 8.09. The van der Waals surface area contributed by atoms with Crippen LogP contribution in [0.5, 0.6) is 5.75 Å². The molecule has 1 N–H and O–H groups in total. The number of benzene rings is 1. The summed E-state index contributed by atoms with van der Waals surface area (Å²) in [6.45, 7) is 1.03. The predicted molar refractivity (Wildman–Crippen MR) is 108 cm³/mol. The number of hydrogen-bond acceptors (Lipinski definition) is 3. The van der Waals surface area contributed by atoms with E-state index < -0.39 is 5.97 Å². The maximum Gasteiger partial charge on any atom is 0.308 e. The Balaban J connectivity index is 1.43. The lowest BCUT2D eigenvalue weighted by Gasteiger charge is -2.39. The molecule has 1 aromatic carbocycles. The van der Waals surface area contributed by atoms with Gasteiger partial charge < -0.3 is 14.7 Å². The van der Waals surface area contributed by atoms with E-state index in [2.05, 4.69) is 12.1 Å². The molecule has 1 aromatic rings. The number of carboxylic acid groups (broad SMARTS) is 1. The smallest absolute Gasteiger partial charge is 0.308 e. The molecule has 4 aliphatic rings. The van der Waals surface area contributed by atoms with Crippen molar-refractivity contribution in [3.05, 3.63) is 29.8 Å². The van der Waals surface area contributed by atoms with Crippen LogP contribution in [-0.4, -0.2) is 42.1 Å². The van der Waals surface area contributed by atoms with Gasteiger partial charge in [0, 0.05) is 13.1 Å². The van der Waals surface area contributed by atoms with Crippen molar-refractivity contribution in [2.24, 2.45) is 35.0 Å². The number of fused-ring (bicyclic) bond motifs is 2. The van der Waals surface area contributed by atoms with E-state index in [1.807, 2.05) is 17.0 Å². The third kappa shape index (κ3) is 3.23. The second-order valence-electron chi connectivity index (χ2n) is 9.92. The molecule has 3 unspecified atom stereocenters. The van der Waals surface area contributed by atoms with Crippen LogP contribution >= 0.6 is 0 Å². The van der Waals surface area contributed by atoms with Crippen LogP contribution in [-0.2, 0) is 16.0 Å². The van der Waals surface area contributed by atoms with Crippen LogP contribution in [0.25, 0.3) is 0 Å². The Labute approximate surface area is 172 Å². The molecule has 29 heavy (non-hydrogen) atoms. The highest BCUT2D eigenvalue weighted by Gasteiger charge is 2.58. The van der Waals surface area contributed by atoms with Gasteiger partial charge in [-0.1, -0.05) is 18.6 Å². The van der Waals surface area contributed by atoms with Gasteiger partial charge >= 0.3 is 5.97 Å². The van der Waals surface area contributed by atoms with E-state index >= 15 is 0 Å². The van der Waals surface area contributed by atoms with Crippen LogP contribution in [0.2, 0.25) is 0 Å². The van der Waals surface area contributed by atoms with E-state index in [0.717, 1.165) is 49.8 Å². The molecule has 0 spiro atoms. The van der Waals surface area contributed by atoms with Crippen LogP contribution in [0.4, 0.5) is 0 Å². The first kappa shape index (κ1) is 19.0. The van der Waals surface area contributed by atoms with Gasteiger partial charge in [-0.05, 0) is 79.9 Å². The minimum atomic E-state index is -0.730. The molecule has 0 aromatic heterocycles. The number of aliphatic carboxylic acids is 1. The molecule has 5 atom stereocenters. The van der Waals surface area contributed by atoms with Crippen LogP contribution < -0.4 is 4.74 Å². The lowest BCUT2D eigenvalue weighted by atomic mass is 9.68. The van der Waals surface area contributed by atoms with E-state index in [0.29, 0.717) is 30.8 Å². The van der Waals surface area contributed by atoms with Crippen molar-refractivity contribution in [1.29, 1.82) is 0 Å². The van der Waals surface area contributed by atoms with E-state index in [1.165, 1.54) is 6.42 Å². The molecule has 1 saturated heterocycles. The minimum Gasteiger partial charge on any atom is -0.497 e. The number of likely N-dealkylation sites (tertiary alicyclic amines) is 1. The van der Waals surface area contributed by atoms with E-state index in [-0.39, 0.29) is 23.2 Å². The molecular weight excluding hydrogens is 366 g/mol. The number of amides is 1. The van der Waals surface area contributed by atoms with Crippen molar-refractivity contribution >= 4 is 11.9 Å². The topological polar surface area (TPSA) is 66.8 Å². The number of rotatable bonds is 6. The zero-order valence-corrected chi connectivity index (χ0v) is 17.2. The molecule has 156 valence electrons. The monoisotopic (exact) mass is 397 g/mol. The third-order valence-corrected chi connectivity index (χ3v) is 8.25. The summed E-state index contributed by atoms with van der Waals surface area (Å²) in [4.78, 5) is 27.8. The maximum atomic E-state index is 14.0. The number of ether oxygens (including phenoxy) is 1. The quantitative estimate of drug-likeness (QED) is 0.796. The van der Waals surface area contributed by atoms with Crippen molar-refractivity contribution in [3.63, 3.8) is 0 Å². The zero-order chi connectivity index (χ0) is 20.2. The van der Waals surface area contributed by atoms with Crippen LogP contribution in [0.3, 0.4) is 0 Å². The number of hydrogen-bond donors (Lipinski definition) is 1. The average molecular weight is 398 g/mol. The van der Waals surface area contributed by atoms with E-state index in [1.54, 1.807) is 7.11 Å². The highest BCUT2D eigenvalue weighted by atomic mass is 16.5. The number of methoxy groups -OCH3 is 1. The van der Waals surface area contributed by atoms with Gasteiger partial charge in [0.25, 0.3) is 0 Å². The number of nitrogens with zero attached hydrogens (tertiary/aromatic N) is 1. The Morgan fingerprint density at radius 2 is 2.03 bits per heavy atom. The summed E-state index contributed by atoms with van der Waals surface area (Å²) in [6.07, 6.45) is 7.45. The van der Waals surface area contributed by atoms with Crippen LogP contribution in [0, 0.1) is 35.0 Å². The Morgan fingerprint density at radius 1 is 1.21 bits per heavy atom. The molecule has 0 radical (unpaired) electrons. The molecule has 3 aliphatic carbocycles. The third-order valence-electron chi connectivity index (χ3n) is 8.25. The van der Waals surface area contributed by atoms with Crippen molar-refractivity contribution in [1.82, 2.24) is 4.90 Å². The van der Waals surface area contributed by atoms with Gasteiger partial charge in [-0.3, -0.25) is 9.59 Å². The lowest BCUT2D eigenvalue weighted by Crippen LogP contribution is -2.47. The highest BCUT2D eigenvalue weighted by Crippen LogP contribution is 2.59. The van der Waals surface area contributed by atoms with Crippen LogP contribution in [0.1, 0.15) is 44.1 Å². The van der Waals surface area contributed by atoms with Crippen molar-refractivity contribution in [3.8, 4) is 5.75 Å². The maximum absolute atomic E-state index is 14.0. The fourth-order valence-corrected chi connectivity index (χ4v) is 6.72. The standard InChI is InChI=1S/C24H31NO4/c1-29-19-4-2-3-15(10-19)11-24(12-16-5-8-18(24)9-16)23(28)25-13-20(17-6-7-17)21(14-25)22(26)27/h2-4,10,16-18,20-21H,5-9,11-14H2,1H3,(H,26,27)/t16?,18?,20-,21+,24?/m1/s1. The summed E-state index contributed by atoms with van der Waals surface area (Å²) >= 11 is 0. The van der Waals surface area contributed by atoms with Gasteiger partial charge in [0.2, 0.25) is 5.91 Å². The molecule has 1 amide bonds. The van der Waals surface area contributed by atoms with E-state index in [4.69, 9.17) is 4.74 Å². The Morgan fingerprint density at radius 3 is 2.66 bits per heavy atom. The first-order valence-corrected chi connectivity index (χ1v) is 11.2. The van der Waals surface area contributed by atoms with Gasteiger partial charge in [-0.2, -0.15) is 0 Å². The molecule has 1 heterocycles.